The van der Waals surface area contributed by atoms with E-state index in [4.69, 9.17) is 14.2 Å². The Bertz CT molecular complexity index is 769. The van der Waals surface area contributed by atoms with Crippen LogP contribution in [0.15, 0.2) is 18.2 Å². The lowest BCUT2D eigenvalue weighted by Gasteiger charge is -2.53. The second kappa shape index (κ2) is 6.55. The maximum atomic E-state index is 12.5. The van der Waals surface area contributed by atoms with E-state index in [2.05, 4.69) is 13.8 Å². The summed E-state index contributed by atoms with van der Waals surface area (Å²) < 4.78 is 18.4. The number of benzene rings is 1. The topological polar surface area (TPSA) is 68.2 Å². The molecular formula is C22H31NO5. The average Bonchev–Trinajstić information content (AvgIpc) is 2.58. The number of phenolic OH excluding ortho intramolecular Hbond substituents is 1. The van der Waals surface area contributed by atoms with Gasteiger partial charge >= 0.3 is 6.09 Å². The first-order valence-electron chi connectivity index (χ1n) is 10.2. The van der Waals surface area contributed by atoms with Crippen molar-refractivity contribution in [2.45, 2.75) is 70.9 Å². The summed E-state index contributed by atoms with van der Waals surface area (Å²) in [7, 11) is 0. The molecule has 1 aromatic carbocycles. The molecule has 0 saturated carbocycles. The van der Waals surface area contributed by atoms with Gasteiger partial charge in [-0.3, -0.25) is 0 Å². The van der Waals surface area contributed by atoms with Crippen LogP contribution < -0.4 is 4.74 Å². The molecule has 2 fully saturated rings. The van der Waals surface area contributed by atoms with Gasteiger partial charge in [0.1, 0.15) is 22.7 Å². The summed E-state index contributed by atoms with van der Waals surface area (Å²) in [6.45, 7) is 11.1. The zero-order chi connectivity index (χ0) is 20.3. The molecule has 154 valence electrons. The summed E-state index contributed by atoms with van der Waals surface area (Å²) in [4.78, 5) is 14.3. The summed E-state index contributed by atoms with van der Waals surface area (Å²) in [6, 6.07) is 5.28. The van der Waals surface area contributed by atoms with Crippen LogP contribution in [-0.2, 0) is 9.47 Å². The lowest BCUT2D eigenvalue weighted by molar-refractivity contribution is -0.185. The van der Waals surface area contributed by atoms with Crippen molar-refractivity contribution in [3.8, 4) is 11.5 Å². The number of ether oxygens (including phenoxy) is 3. The van der Waals surface area contributed by atoms with E-state index in [1.165, 1.54) is 0 Å². The lowest BCUT2D eigenvalue weighted by Crippen LogP contribution is -2.56. The highest BCUT2D eigenvalue weighted by molar-refractivity contribution is 5.68. The van der Waals surface area contributed by atoms with E-state index < -0.39 is 11.2 Å². The van der Waals surface area contributed by atoms with Gasteiger partial charge in [-0.25, -0.2) is 4.79 Å². The maximum Gasteiger partial charge on any atom is 0.410 e. The zero-order valence-corrected chi connectivity index (χ0v) is 17.4. The van der Waals surface area contributed by atoms with Crippen molar-refractivity contribution < 1.29 is 24.1 Å². The number of phenols is 1. The number of amides is 1. The third-order valence-electron chi connectivity index (χ3n) is 6.13. The quantitative estimate of drug-likeness (QED) is 0.718. The number of hydrogen-bond acceptors (Lipinski definition) is 5. The van der Waals surface area contributed by atoms with E-state index in [9.17, 15) is 9.90 Å². The van der Waals surface area contributed by atoms with Gasteiger partial charge in [-0.2, -0.15) is 0 Å². The first-order chi connectivity index (χ1) is 13.0. The first kappa shape index (κ1) is 19.4. The molecule has 3 heterocycles. The fourth-order valence-corrected chi connectivity index (χ4v) is 4.79. The third kappa shape index (κ3) is 3.54. The van der Waals surface area contributed by atoms with Gasteiger partial charge in [-0.15, -0.1) is 0 Å². The highest BCUT2D eigenvalue weighted by Gasteiger charge is 2.51. The van der Waals surface area contributed by atoms with E-state index in [-0.39, 0.29) is 35.9 Å². The molecule has 2 saturated heterocycles. The van der Waals surface area contributed by atoms with Gasteiger partial charge < -0.3 is 24.2 Å². The maximum absolute atomic E-state index is 12.5. The van der Waals surface area contributed by atoms with Crippen LogP contribution in [0.5, 0.6) is 11.5 Å². The van der Waals surface area contributed by atoms with Crippen LogP contribution in [0.2, 0.25) is 0 Å². The molecule has 4 atom stereocenters. The predicted octanol–water partition coefficient (Wildman–Crippen LogP) is 4.27. The van der Waals surface area contributed by atoms with E-state index in [1.807, 2.05) is 31.7 Å². The van der Waals surface area contributed by atoms with E-state index in [1.54, 1.807) is 12.1 Å². The van der Waals surface area contributed by atoms with Crippen molar-refractivity contribution >= 4 is 6.09 Å². The first-order valence-corrected chi connectivity index (χ1v) is 10.2. The Morgan fingerprint density at radius 2 is 2.07 bits per heavy atom. The number of likely N-dealkylation sites (tertiary alicyclic amines) is 1. The molecule has 1 N–H and O–H groups in total. The SMILES string of the molecule is CC(C)(C)OC(=O)N1CC[C@@H]2O[C@@H]3c4ccc(O)cc4OC(C)(C)[C@H]3C[C@@H]2C1. The van der Waals surface area contributed by atoms with Crippen molar-refractivity contribution in [3.05, 3.63) is 23.8 Å². The molecule has 0 unspecified atom stereocenters. The van der Waals surface area contributed by atoms with Crippen LogP contribution in [0.4, 0.5) is 4.79 Å². The average molecular weight is 389 g/mol. The van der Waals surface area contributed by atoms with Crippen LogP contribution in [0.1, 0.15) is 59.1 Å². The van der Waals surface area contributed by atoms with Gasteiger partial charge in [0.05, 0.1) is 12.2 Å². The summed E-state index contributed by atoms with van der Waals surface area (Å²) in [5, 5.41) is 9.83. The van der Waals surface area contributed by atoms with Gasteiger partial charge in [-0.05, 0) is 59.6 Å². The number of nitrogens with zero attached hydrogens (tertiary/aromatic N) is 1. The molecule has 0 aliphatic carbocycles. The molecule has 4 rings (SSSR count). The van der Waals surface area contributed by atoms with Gasteiger partial charge in [0.25, 0.3) is 0 Å². The molecule has 0 bridgehead atoms. The number of rotatable bonds is 0. The zero-order valence-electron chi connectivity index (χ0n) is 17.4. The van der Waals surface area contributed by atoms with Gasteiger partial charge in [0, 0.05) is 36.6 Å². The van der Waals surface area contributed by atoms with Gasteiger partial charge in [0.15, 0.2) is 0 Å². The third-order valence-corrected chi connectivity index (χ3v) is 6.13. The molecule has 1 aromatic rings. The molecule has 0 spiro atoms. The van der Waals surface area contributed by atoms with E-state index in [0.29, 0.717) is 18.8 Å². The van der Waals surface area contributed by atoms with Crippen LogP contribution in [0, 0.1) is 11.8 Å². The Kier molecular flexibility index (Phi) is 4.53. The van der Waals surface area contributed by atoms with E-state index in [0.717, 1.165) is 18.4 Å². The van der Waals surface area contributed by atoms with Crippen molar-refractivity contribution in [2.75, 3.05) is 13.1 Å². The lowest BCUT2D eigenvalue weighted by atomic mass is 9.70. The fraction of sp³-hybridized carbons (Fsp3) is 0.682. The number of aromatic hydroxyl groups is 1. The Labute approximate surface area is 166 Å². The Balaban J connectivity index is 1.54. The van der Waals surface area contributed by atoms with Gasteiger partial charge in [-0.1, -0.05) is 0 Å². The minimum Gasteiger partial charge on any atom is -0.508 e. The standard InChI is InChI=1S/C22H31NO5/c1-21(2,3)28-20(25)23-9-8-17-13(12-23)10-16-19(26-17)15-7-6-14(24)11-18(15)27-22(16,4)5/h6-7,11,13,16-17,19,24H,8-10,12H2,1-5H3/t13-,16+,17+,19-/m1/s1. The summed E-state index contributed by atoms with van der Waals surface area (Å²) in [5.74, 6) is 1.36. The number of fused-ring (bicyclic) bond motifs is 4. The molecule has 1 amide bonds. The van der Waals surface area contributed by atoms with Crippen molar-refractivity contribution in [1.29, 1.82) is 0 Å². The minimum atomic E-state index is -0.490. The minimum absolute atomic E-state index is 0.0475. The van der Waals surface area contributed by atoms with Crippen LogP contribution >= 0.6 is 0 Å². The highest BCUT2D eigenvalue weighted by Crippen LogP contribution is 2.53. The molecule has 6 nitrogen and oxygen atoms in total. The largest absolute Gasteiger partial charge is 0.508 e. The molecule has 6 heteroatoms. The smallest absolute Gasteiger partial charge is 0.410 e. The highest BCUT2D eigenvalue weighted by atomic mass is 16.6. The summed E-state index contributed by atoms with van der Waals surface area (Å²) in [6.07, 6.45) is 1.57. The second-order valence-electron chi connectivity index (χ2n) is 9.84. The molecule has 28 heavy (non-hydrogen) atoms. The van der Waals surface area contributed by atoms with Crippen molar-refractivity contribution in [2.24, 2.45) is 11.8 Å². The monoisotopic (exact) mass is 389 g/mol. The predicted molar refractivity (Wildman–Crippen MR) is 104 cm³/mol. The molecule has 0 radical (unpaired) electrons. The number of piperidine rings is 1. The normalized spacial score (nSPS) is 31.1. The Morgan fingerprint density at radius 3 is 2.79 bits per heavy atom. The van der Waals surface area contributed by atoms with Crippen LogP contribution in [-0.4, -0.2) is 46.5 Å². The fourth-order valence-electron chi connectivity index (χ4n) is 4.79. The number of carbonyl (C=O) groups excluding carboxylic acids is 1. The Hall–Kier alpha value is -1.95. The second-order valence-corrected chi connectivity index (χ2v) is 9.84. The summed E-state index contributed by atoms with van der Waals surface area (Å²) >= 11 is 0. The Morgan fingerprint density at radius 1 is 1.32 bits per heavy atom. The van der Waals surface area contributed by atoms with Crippen molar-refractivity contribution in [1.82, 2.24) is 4.90 Å². The molecular weight excluding hydrogens is 358 g/mol. The summed E-state index contributed by atoms with van der Waals surface area (Å²) in [5.41, 5.74) is 0.108. The molecule has 3 aliphatic rings. The molecule has 3 aliphatic heterocycles. The van der Waals surface area contributed by atoms with Crippen molar-refractivity contribution in [3.63, 3.8) is 0 Å². The van der Waals surface area contributed by atoms with Crippen LogP contribution in [0.3, 0.4) is 0 Å². The number of carbonyl (C=O) groups is 1. The van der Waals surface area contributed by atoms with Crippen LogP contribution in [0.25, 0.3) is 0 Å². The number of hydrogen-bond donors (Lipinski definition) is 1. The van der Waals surface area contributed by atoms with E-state index >= 15 is 0 Å². The van der Waals surface area contributed by atoms with Gasteiger partial charge in [0.2, 0.25) is 0 Å². The molecule has 0 aromatic heterocycles.